The van der Waals surface area contributed by atoms with E-state index < -0.39 is 5.97 Å². The van der Waals surface area contributed by atoms with Crippen molar-refractivity contribution in [1.29, 1.82) is 0 Å². The van der Waals surface area contributed by atoms with Gasteiger partial charge in [0.2, 0.25) is 0 Å². The highest BCUT2D eigenvalue weighted by Crippen LogP contribution is 2.13. The van der Waals surface area contributed by atoms with Gasteiger partial charge in [0.1, 0.15) is 0 Å². The Labute approximate surface area is 125 Å². The van der Waals surface area contributed by atoms with Crippen molar-refractivity contribution < 1.29 is 14.7 Å². The first-order chi connectivity index (χ1) is 10.2. The summed E-state index contributed by atoms with van der Waals surface area (Å²) in [6.07, 6.45) is 0.239. The van der Waals surface area contributed by atoms with Gasteiger partial charge in [0.25, 0.3) is 5.91 Å². The molecule has 0 unspecified atom stereocenters. The molecule has 1 aromatic carbocycles. The summed E-state index contributed by atoms with van der Waals surface area (Å²) in [5.74, 6) is -1.21. The Morgan fingerprint density at radius 1 is 1.10 bits per heavy atom. The Morgan fingerprint density at radius 2 is 1.86 bits per heavy atom. The topological polar surface area (TPSA) is 78.8 Å². The predicted molar refractivity (Wildman–Crippen MR) is 81.6 cm³/mol. The van der Waals surface area contributed by atoms with Crippen molar-refractivity contribution in [3.05, 3.63) is 58.3 Å². The number of rotatable bonds is 6. The second-order valence-electron chi connectivity index (χ2n) is 4.24. The summed E-state index contributed by atoms with van der Waals surface area (Å²) in [6.45, 7) is 0. The van der Waals surface area contributed by atoms with Crippen LogP contribution >= 0.6 is 11.3 Å². The van der Waals surface area contributed by atoms with Gasteiger partial charge in [-0.1, -0.05) is 24.3 Å². The van der Waals surface area contributed by atoms with Gasteiger partial charge in [0.15, 0.2) is 0 Å². The Hall–Kier alpha value is -2.47. The minimum atomic E-state index is -0.895. The van der Waals surface area contributed by atoms with Crippen LogP contribution in [0.3, 0.4) is 0 Å². The van der Waals surface area contributed by atoms with E-state index in [4.69, 9.17) is 5.11 Å². The summed E-state index contributed by atoms with van der Waals surface area (Å²) < 4.78 is 0. The van der Waals surface area contributed by atoms with Gasteiger partial charge < -0.3 is 5.11 Å². The largest absolute Gasteiger partial charge is 0.481 e. The average Bonchev–Trinajstić information content (AvgIpc) is 3.02. The van der Waals surface area contributed by atoms with Crippen LogP contribution in [0, 0.1) is 0 Å². The summed E-state index contributed by atoms with van der Waals surface area (Å²) in [4.78, 5) is 23.5. The summed E-state index contributed by atoms with van der Waals surface area (Å²) >= 11 is 1.46. The highest BCUT2D eigenvalue weighted by molar-refractivity contribution is 7.12. The monoisotopic (exact) mass is 302 g/mol. The van der Waals surface area contributed by atoms with E-state index >= 15 is 0 Å². The van der Waals surface area contributed by atoms with Crippen LogP contribution < -0.4 is 5.43 Å². The van der Waals surface area contributed by atoms with Gasteiger partial charge in [0, 0.05) is 12.0 Å². The van der Waals surface area contributed by atoms with Crippen LogP contribution in [0.5, 0.6) is 0 Å². The lowest BCUT2D eigenvalue weighted by Crippen LogP contribution is -2.20. The fourth-order valence-corrected chi connectivity index (χ4v) is 2.42. The van der Waals surface area contributed by atoms with Crippen molar-refractivity contribution in [2.24, 2.45) is 5.10 Å². The second-order valence-corrected chi connectivity index (χ2v) is 5.18. The zero-order valence-electron chi connectivity index (χ0n) is 11.2. The van der Waals surface area contributed by atoms with E-state index in [2.05, 4.69) is 10.5 Å². The lowest BCUT2D eigenvalue weighted by Gasteiger charge is -2.04. The maximum Gasteiger partial charge on any atom is 0.303 e. The minimum Gasteiger partial charge on any atom is -0.481 e. The molecular weight excluding hydrogens is 288 g/mol. The van der Waals surface area contributed by atoms with Crippen molar-refractivity contribution in [3.63, 3.8) is 0 Å². The standard InChI is InChI=1S/C15H14N2O3S/c18-14(19)9-8-12(13-7-4-10-21-13)16-17-15(20)11-5-2-1-3-6-11/h1-7,10H,8-9H2,(H,17,20)(H,18,19)/b16-12-. The normalized spacial score (nSPS) is 11.1. The van der Waals surface area contributed by atoms with E-state index in [0.717, 1.165) is 4.88 Å². The van der Waals surface area contributed by atoms with Crippen molar-refractivity contribution in [1.82, 2.24) is 5.43 Å². The first kappa shape index (κ1) is 14.9. The number of carbonyl (C=O) groups excluding carboxylic acids is 1. The van der Waals surface area contributed by atoms with Gasteiger partial charge in [-0.05, 0) is 23.6 Å². The molecule has 5 nitrogen and oxygen atoms in total. The molecule has 1 amide bonds. The first-order valence-corrected chi connectivity index (χ1v) is 7.22. The Balaban J connectivity index is 2.09. The van der Waals surface area contributed by atoms with E-state index in [9.17, 15) is 9.59 Å². The van der Waals surface area contributed by atoms with Gasteiger partial charge in [-0.25, -0.2) is 5.43 Å². The van der Waals surface area contributed by atoms with E-state index in [1.165, 1.54) is 11.3 Å². The summed E-state index contributed by atoms with van der Waals surface area (Å²) in [5, 5.41) is 14.7. The molecule has 0 saturated carbocycles. The number of nitrogens with zero attached hydrogens (tertiary/aromatic N) is 1. The average molecular weight is 302 g/mol. The molecule has 2 aromatic rings. The highest BCUT2D eigenvalue weighted by Gasteiger charge is 2.09. The molecule has 0 bridgehead atoms. The molecule has 0 saturated heterocycles. The van der Waals surface area contributed by atoms with E-state index in [1.54, 1.807) is 24.3 Å². The zero-order chi connectivity index (χ0) is 15.1. The Bertz CT molecular complexity index is 636. The van der Waals surface area contributed by atoms with Crippen molar-refractivity contribution >= 4 is 28.9 Å². The minimum absolute atomic E-state index is 0.0298. The van der Waals surface area contributed by atoms with Crippen LogP contribution in [0.2, 0.25) is 0 Å². The van der Waals surface area contributed by atoms with Crippen molar-refractivity contribution in [3.8, 4) is 0 Å². The zero-order valence-corrected chi connectivity index (χ0v) is 12.0. The predicted octanol–water partition coefficient (Wildman–Crippen LogP) is 2.75. The molecule has 108 valence electrons. The fraction of sp³-hybridized carbons (Fsp3) is 0.133. The van der Waals surface area contributed by atoms with E-state index in [-0.39, 0.29) is 18.7 Å². The van der Waals surface area contributed by atoms with Crippen LogP contribution in [0.25, 0.3) is 0 Å². The van der Waals surface area contributed by atoms with Crippen molar-refractivity contribution in [2.45, 2.75) is 12.8 Å². The number of carbonyl (C=O) groups is 2. The van der Waals surface area contributed by atoms with Gasteiger partial charge in [-0.2, -0.15) is 5.10 Å². The van der Waals surface area contributed by atoms with Gasteiger partial charge in [0.05, 0.1) is 17.0 Å². The van der Waals surface area contributed by atoms with Crippen LogP contribution in [0.15, 0.2) is 52.9 Å². The number of carboxylic acid groups (broad SMARTS) is 1. The maximum absolute atomic E-state index is 11.9. The Morgan fingerprint density at radius 3 is 2.48 bits per heavy atom. The number of aliphatic carboxylic acids is 1. The second kappa shape index (κ2) is 7.35. The van der Waals surface area contributed by atoms with Crippen LogP contribution in [-0.4, -0.2) is 22.7 Å². The third-order valence-corrected chi connectivity index (χ3v) is 3.63. The third-order valence-electron chi connectivity index (χ3n) is 2.71. The van der Waals surface area contributed by atoms with Crippen LogP contribution in [-0.2, 0) is 4.79 Å². The molecule has 1 aromatic heterocycles. The van der Waals surface area contributed by atoms with Gasteiger partial charge in [-0.15, -0.1) is 11.3 Å². The SMILES string of the molecule is O=C(O)CC/C(=N/NC(=O)c1ccccc1)c1cccs1. The Kier molecular flexibility index (Phi) is 5.22. The van der Waals surface area contributed by atoms with Gasteiger partial charge in [-0.3, -0.25) is 9.59 Å². The first-order valence-electron chi connectivity index (χ1n) is 6.34. The van der Waals surface area contributed by atoms with Crippen molar-refractivity contribution in [2.75, 3.05) is 0 Å². The molecule has 0 atom stereocenters. The summed E-state index contributed by atoms with van der Waals surface area (Å²) in [7, 11) is 0. The smallest absolute Gasteiger partial charge is 0.303 e. The fourth-order valence-electron chi connectivity index (χ4n) is 1.67. The summed E-state index contributed by atoms with van der Waals surface area (Å²) in [6, 6.07) is 12.4. The number of nitrogens with one attached hydrogen (secondary N) is 1. The molecule has 0 aliphatic carbocycles. The number of carboxylic acids is 1. The molecule has 0 radical (unpaired) electrons. The lowest BCUT2D eigenvalue weighted by atomic mass is 10.2. The molecule has 1 heterocycles. The number of hydrogen-bond acceptors (Lipinski definition) is 4. The number of hydrazone groups is 1. The van der Waals surface area contributed by atoms with Crippen LogP contribution in [0.4, 0.5) is 0 Å². The molecule has 2 rings (SSSR count). The number of hydrogen-bond donors (Lipinski definition) is 2. The third kappa shape index (κ3) is 4.54. The molecule has 6 heteroatoms. The molecular formula is C15H14N2O3S. The van der Waals surface area contributed by atoms with Crippen LogP contribution in [0.1, 0.15) is 28.1 Å². The maximum atomic E-state index is 11.9. The molecule has 0 fully saturated rings. The number of amides is 1. The summed E-state index contributed by atoms with van der Waals surface area (Å²) in [5.41, 5.74) is 3.54. The van der Waals surface area contributed by atoms with E-state index in [0.29, 0.717) is 11.3 Å². The quantitative estimate of drug-likeness (QED) is 0.636. The van der Waals surface area contributed by atoms with Gasteiger partial charge >= 0.3 is 5.97 Å². The highest BCUT2D eigenvalue weighted by atomic mass is 32.1. The molecule has 0 aliphatic heterocycles. The molecule has 21 heavy (non-hydrogen) atoms. The molecule has 0 spiro atoms. The van der Waals surface area contributed by atoms with E-state index in [1.807, 2.05) is 23.6 Å². The molecule has 0 aliphatic rings. The lowest BCUT2D eigenvalue weighted by molar-refractivity contribution is -0.136. The number of benzene rings is 1. The number of thiophene rings is 1. The molecule has 2 N–H and O–H groups in total.